The molecule has 0 aromatic carbocycles. The van der Waals surface area contributed by atoms with E-state index in [1.54, 1.807) is 26.8 Å². The number of esters is 2. The summed E-state index contributed by atoms with van der Waals surface area (Å²) in [7, 11) is 1.25. The van der Waals surface area contributed by atoms with Gasteiger partial charge in [0.1, 0.15) is 17.2 Å². The van der Waals surface area contributed by atoms with E-state index in [4.69, 9.17) is 4.74 Å². The zero-order valence-electron chi connectivity index (χ0n) is 13.6. The highest BCUT2D eigenvalue weighted by atomic mass is 79.9. The van der Waals surface area contributed by atoms with Crippen LogP contribution in [0.1, 0.15) is 44.1 Å². The minimum absolute atomic E-state index is 0.0121. The molecule has 0 aliphatic heterocycles. The lowest BCUT2D eigenvalue weighted by Gasteiger charge is -2.23. The van der Waals surface area contributed by atoms with Crippen molar-refractivity contribution in [2.24, 2.45) is 5.92 Å². The highest BCUT2D eigenvalue weighted by molar-refractivity contribution is 9.10. The number of halogens is 1. The van der Waals surface area contributed by atoms with Gasteiger partial charge in [0.15, 0.2) is 5.78 Å². The quantitative estimate of drug-likeness (QED) is 0.425. The molecule has 1 aromatic heterocycles. The van der Waals surface area contributed by atoms with Crippen LogP contribution in [0.2, 0.25) is 0 Å². The Kier molecular flexibility index (Phi) is 6.87. The number of hydrogen-bond acceptors (Lipinski definition) is 6. The molecular weight excluding hydrogens is 366 g/mol. The summed E-state index contributed by atoms with van der Waals surface area (Å²) in [6.45, 7) is 5.14. The van der Waals surface area contributed by atoms with Crippen LogP contribution in [-0.4, -0.2) is 35.4 Å². The van der Waals surface area contributed by atoms with Crippen molar-refractivity contribution in [3.8, 4) is 0 Å². The Bertz CT molecular complexity index is 577. The normalized spacial score (nSPS) is 12.4. The summed E-state index contributed by atoms with van der Waals surface area (Å²) in [5, 5.41) is 0. The fourth-order valence-electron chi connectivity index (χ4n) is 1.79. The fraction of sp³-hybridized carbons (Fsp3) is 0.500. The monoisotopic (exact) mass is 385 g/mol. The molecule has 7 heteroatoms. The van der Waals surface area contributed by atoms with E-state index in [0.29, 0.717) is 0 Å². The van der Waals surface area contributed by atoms with Gasteiger partial charge in [-0.3, -0.25) is 19.4 Å². The van der Waals surface area contributed by atoms with E-state index in [1.807, 2.05) is 0 Å². The van der Waals surface area contributed by atoms with Crippen LogP contribution in [0.25, 0.3) is 0 Å². The van der Waals surface area contributed by atoms with Gasteiger partial charge in [0.25, 0.3) is 0 Å². The average Bonchev–Trinajstić information content (AvgIpc) is 2.45. The standard InChI is InChI=1S/C16H20BrNO5/c1-16(2,3)23-15(21)11(6-8-13(19)22-4)14(20)12-7-5-10(17)9-18-12/h5,7,9,11H,6,8H2,1-4H3. The molecule has 0 fully saturated rings. The fourth-order valence-corrected chi connectivity index (χ4v) is 2.03. The molecule has 23 heavy (non-hydrogen) atoms. The van der Waals surface area contributed by atoms with Crippen LogP contribution in [0, 0.1) is 5.92 Å². The Morgan fingerprint density at radius 1 is 1.26 bits per heavy atom. The van der Waals surface area contributed by atoms with Crippen LogP contribution in [0.4, 0.5) is 0 Å². The summed E-state index contributed by atoms with van der Waals surface area (Å²) in [5.41, 5.74) is -0.581. The van der Waals surface area contributed by atoms with Crippen LogP contribution in [0.5, 0.6) is 0 Å². The molecule has 0 saturated carbocycles. The van der Waals surface area contributed by atoms with Gasteiger partial charge < -0.3 is 9.47 Å². The van der Waals surface area contributed by atoms with E-state index in [0.717, 1.165) is 4.47 Å². The highest BCUT2D eigenvalue weighted by Crippen LogP contribution is 2.20. The Morgan fingerprint density at radius 2 is 1.91 bits per heavy atom. The molecule has 1 atom stereocenters. The molecule has 1 rings (SSSR count). The maximum Gasteiger partial charge on any atom is 0.317 e. The lowest BCUT2D eigenvalue weighted by molar-refractivity contribution is -0.158. The number of carbonyl (C=O) groups is 3. The van der Waals surface area contributed by atoms with E-state index in [2.05, 4.69) is 25.7 Å². The molecule has 126 valence electrons. The first kappa shape index (κ1) is 19.3. The molecule has 0 amide bonds. The first-order chi connectivity index (χ1) is 10.6. The van der Waals surface area contributed by atoms with Crippen molar-refractivity contribution < 1.29 is 23.9 Å². The van der Waals surface area contributed by atoms with Gasteiger partial charge in [-0.15, -0.1) is 0 Å². The van der Waals surface area contributed by atoms with Crippen LogP contribution in [-0.2, 0) is 19.1 Å². The third-order valence-electron chi connectivity index (χ3n) is 2.85. The Labute approximate surface area is 143 Å². The van der Waals surface area contributed by atoms with Crippen molar-refractivity contribution in [1.82, 2.24) is 4.98 Å². The van der Waals surface area contributed by atoms with E-state index < -0.39 is 29.2 Å². The summed E-state index contributed by atoms with van der Waals surface area (Å²) in [6.07, 6.45) is 1.43. The van der Waals surface area contributed by atoms with Crippen molar-refractivity contribution in [3.63, 3.8) is 0 Å². The topological polar surface area (TPSA) is 82.6 Å². The smallest absolute Gasteiger partial charge is 0.317 e. The van der Waals surface area contributed by atoms with Crippen molar-refractivity contribution in [2.45, 2.75) is 39.2 Å². The highest BCUT2D eigenvalue weighted by Gasteiger charge is 2.33. The molecule has 0 aliphatic carbocycles. The number of aromatic nitrogens is 1. The number of nitrogens with zero attached hydrogens (tertiary/aromatic N) is 1. The Balaban J connectivity index is 2.97. The molecule has 1 unspecified atom stereocenters. The number of methoxy groups -OCH3 is 1. The van der Waals surface area contributed by atoms with Crippen molar-refractivity contribution in [2.75, 3.05) is 7.11 Å². The molecule has 0 spiro atoms. The van der Waals surface area contributed by atoms with Crippen LogP contribution in [0.15, 0.2) is 22.8 Å². The molecular formula is C16H20BrNO5. The summed E-state index contributed by atoms with van der Waals surface area (Å²) >= 11 is 3.23. The van der Waals surface area contributed by atoms with Gasteiger partial charge >= 0.3 is 11.9 Å². The lowest BCUT2D eigenvalue weighted by Crippen LogP contribution is -2.33. The Morgan fingerprint density at radius 3 is 2.39 bits per heavy atom. The molecule has 6 nitrogen and oxygen atoms in total. The van der Waals surface area contributed by atoms with Gasteiger partial charge in [-0.1, -0.05) is 0 Å². The maximum absolute atomic E-state index is 12.6. The number of pyridine rings is 1. The summed E-state index contributed by atoms with van der Waals surface area (Å²) in [4.78, 5) is 40.2. The number of ketones is 1. The van der Waals surface area contributed by atoms with Crippen molar-refractivity contribution in [1.29, 1.82) is 0 Å². The van der Waals surface area contributed by atoms with Gasteiger partial charge in [-0.2, -0.15) is 0 Å². The first-order valence-electron chi connectivity index (χ1n) is 7.09. The van der Waals surface area contributed by atoms with E-state index in [1.165, 1.54) is 19.4 Å². The summed E-state index contributed by atoms with van der Waals surface area (Å²) in [5.74, 6) is -2.73. The van der Waals surface area contributed by atoms with E-state index >= 15 is 0 Å². The van der Waals surface area contributed by atoms with Crippen LogP contribution < -0.4 is 0 Å². The number of Topliss-reactive ketones (excluding diaryl/α,β-unsaturated/α-hetero) is 1. The molecule has 1 heterocycles. The van der Waals surface area contributed by atoms with Crippen LogP contribution >= 0.6 is 15.9 Å². The second-order valence-electron chi connectivity index (χ2n) is 5.93. The van der Waals surface area contributed by atoms with Crippen LogP contribution in [0.3, 0.4) is 0 Å². The van der Waals surface area contributed by atoms with Gasteiger partial charge in [0.2, 0.25) is 0 Å². The van der Waals surface area contributed by atoms with Gasteiger partial charge in [0.05, 0.1) is 7.11 Å². The van der Waals surface area contributed by atoms with E-state index in [-0.39, 0.29) is 18.5 Å². The lowest BCUT2D eigenvalue weighted by atomic mass is 9.95. The Hall–Kier alpha value is -1.76. The largest absolute Gasteiger partial charge is 0.469 e. The molecule has 0 aliphatic rings. The average molecular weight is 386 g/mol. The number of rotatable bonds is 6. The minimum atomic E-state index is -1.10. The SMILES string of the molecule is COC(=O)CCC(C(=O)OC(C)(C)C)C(=O)c1ccc(Br)cn1. The number of hydrogen-bond donors (Lipinski definition) is 0. The van der Waals surface area contributed by atoms with Crippen molar-refractivity contribution in [3.05, 3.63) is 28.5 Å². The van der Waals surface area contributed by atoms with E-state index in [9.17, 15) is 14.4 Å². The number of carbonyl (C=O) groups excluding carboxylic acids is 3. The third-order valence-corrected chi connectivity index (χ3v) is 3.32. The molecule has 0 bridgehead atoms. The predicted octanol–water partition coefficient (Wildman–Crippen LogP) is 2.94. The zero-order chi connectivity index (χ0) is 17.6. The predicted molar refractivity (Wildman–Crippen MR) is 86.9 cm³/mol. The molecule has 0 saturated heterocycles. The first-order valence-corrected chi connectivity index (χ1v) is 7.89. The maximum atomic E-state index is 12.6. The summed E-state index contributed by atoms with van der Waals surface area (Å²) < 4.78 is 10.6. The molecule has 0 radical (unpaired) electrons. The second kappa shape index (κ2) is 8.19. The second-order valence-corrected chi connectivity index (χ2v) is 6.84. The van der Waals surface area contributed by atoms with Gasteiger partial charge in [-0.25, -0.2) is 0 Å². The summed E-state index contributed by atoms with van der Waals surface area (Å²) in [6, 6.07) is 3.18. The van der Waals surface area contributed by atoms with Gasteiger partial charge in [0, 0.05) is 17.1 Å². The molecule has 1 aromatic rings. The van der Waals surface area contributed by atoms with Crippen molar-refractivity contribution >= 4 is 33.7 Å². The number of ether oxygens (including phenoxy) is 2. The van der Waals surface area contributed by atoms with Gasteiger partial charge in [-0.05, 0) is 55.3 Å². The minimum Gasteiger partial charge on any atom is -0.469 e. The zero-order valence-corrected chi connectivity index (χ0v) is 15.2. The third kappa shape index (κ3) is 6.48. The molecule has 0 N–H and O–H groups in total.